The fourth-order valence-electron chi connectivity index (χ4n) is 2.51. The molecule has 132 valence electrons. The summed E-state index contributed by atoms with van der Waals surface area (Å²) >= 11 is 5.92. The number of nitro benzene ring substituents is 1. The van der Waals surface area contributed by atoms with E-state index in [-0.39, 0.29) is 30.1 Å². The van der Waals surface area contributed by atoms with Crippen LogP contribution < -0.4 is 10.6 Å². The molecule has 0 aliphatic rings. The molecule has 0 spiro atoms. The molecule has 0 saturated carbocycles. The standard InChI is InChI=1S/C18H20ClN3O3/c1-12(2)18(13-6-8-14(19)9-7-13)20-11-17(23)21-15-4-3-5-16(10-15)22(24)25/h3-10,12,18,20H,11H2,1-2H3,(H,21,23). The highest BCUT2D eigenvalue weighted by Gasteiger charge is 2.17. The summed E-state index contributed by atoms with van der Waals surface area (Å²) in [6, 6.07) is 13.3. The summed E-state index contributed by atoms with van der Waals surface area (Å²) in [4.78, 5) is 22.4. The zero-order chi connectivity index (χ0) is 18.4. The Balaban J connectivity index is 1.98. The molecule has 2 aromatic carbocycles. The SMILES string of the molecule is CC(C)C(NCC(=O)Nc1cccc([N+](=O)[O-])c1)c1ccc(Cl)cc1. The monoisotopic (exact) mass is 361 g/mol. The Morgan fingerprint density at radius 3 is 2.48 bits per heavy atom. The van der Waals surface area contributed by atoms with Gasteiger partial charge in [0, 0.05) is 28.9 Å². The normalized spacial score (nSPS) is 12.0. The zero-order valence-corrected chi connectivity index (χ0v) is 14.8. The van der Waals surface area contributed by atoms with Gasteiger partial charge in [-0.3, -0.25) is 14.9 Å². The second-order valence-electron chi connectivity index (χ2n) is 6.01. The van der Waals surface area contributed by atoms with Gasteiger partial charge in [-0.15, -0.1) is 0 Å². The molecule has 6 nitrogen and oxygen atoms in total. The molecule has 2 rings (SSSR count). The van der Waals surface area contributed by atoms with Gasteiger partial charge in [0.2, 0.25) is 5.91 Å². The third-order valence-corrected chi connectivity index (χ3v) is 3.97. The van der Waals surface area contributed by atoms with E-state index in [9.17, 15) is 14.9 Å². The van der Waals surface area contributed by atoms with Crippen molar-refractivity contribution >= 4 is 28.9 Å². The summed E-state index contributed by atoms with van der Waals surface area (Å²) in [5, 5.41) is 17.3. The van der Waals surface area contributed by atoms with E-state index < -0.39 is 4.92 Å². The third kappa shape index (κ3) is 5.55. The highest BCUT2D eigenvalue weighted by Crippen LogP contribution is 2.23. The van der Waals surface area contributed by atoms with Crippen LogP contribution in [0, 0.1) is 16.0 Å². The van der Waals surface area contributed by atoms with E-state index in [1.165, 1.54) is 18.2 Å². The molecule has 0 heterocycles. The van der Waals surface area contributed by atoms with E-state index >= 15 is 0 Å². The number of nitrogens with one attached hydrogen (secondary N) is 2. The van der Waals surface area contributed by atoms with Crippen molar-refractivity contribution in [1.29, 1.82) is 0 Å². The van der Waals surface area contributed by atoms with Crippen LogP contribution in [0.3, 0.4) is 0 Å². The minimum atomic E-state index is -0.497. The Bertz CT molecular complexity index is 747. The van der Waals surface area contributed by atoms with Crippen LogP contribution in [-0.2, 0) is 4.79 Å². The molecule has 0 bridgehead atoms. The highest BCUT2D eigenvalue weighted by molar-refractivity contribution is 6.30. The molecule has 1 amide bonds. The number of nitrogens with zero attached hydrogens (tertiary/aromatic N) is 1. The lowest BCUT2D eigenvalue weighted by atomic mass is 9.96. The van der Waals surface area contributed by atoms with Gasteiger partial charge in [-0.2, -0.15) is 0 Å². The molecule has 0 aliphatic carbocycles. The first kappa shape index (κ1) is 18.9. The average molecular weight is 362 g/mol. The van der Waals surface area contributed by atoms with Gasteiger partial charge in [-0.1, -0.05) is 43.6 Å². The smallest absolute Gasteiger partial charge is 0.271 e. The lowest BCUT2D eigenvalue weighted by molar-refractivity contribution is -0.384. The van der Waals surface area contributed by atoms with Crippen molar-refractivity contribution in [3.05, 3.63) is 69.2 Å². The summed E-state index contributed by atoms with van der Waals surface area (Å²) in [5.74, 6) is 0.00639. The number of non-ortho nitro benzene ring substituents is 1. The molecular formula is C18H20ClN3O3. The van der Waals surface area contributed by atoms with Gasteiger partial charge < -0.3 is 10.6 Å². The van der Waals surface area contributed by atoms with Crippen molar-refractivity contribution in [3.8, 4) is 0 Å². The summed E-state index contributed by atoms with van der Waals surface area (Å²) < 4.78 is 0. The van der Waals surface area contributed by atoms with Crippen LogP contribution in [0.5, 0.6) is 0 Å². The molecule has 2 aromatic rings. The predicted octanol–water partition coefficient (Wildman–Crippen LogP) is 4.17. The number of hydrogen-bond donors (Lipinski definition) is 2. The number of halogens is 1. The van der Waals surface area contributed by atoms with Gasteiger partial charge in [-0.25, -0.2) is 0 Å². The Morgan fingerprint density at radius 1 is 1.20 bits per heavy atom. The second-order valence-corrected chi connectivity index (χ2v) is 6.45. The van der Waals surface area contributed by atoms with Gasteiger partial charge in [0.15, 0.2) is 0 Å². The Kier molecular flexibility index (Phi) is 6.50. The van der Waals surface area contributed by atoms with E-state index in [4.69, 9.17) is 11.6 Å². The Morgan fingerprint density at radius 2 is 1.88 bits per heavy atom. The Hall–Kier alpha value is -2.44. The van der Waals surface area contributed by atoms with Crippen LogP contribution >= 0.6 is 11.6 Å². The van der Waals surface area contributed by atoms with Crippen molar-refractivity contribution in [1.82, 2.24) is 5.32 Å². The van der Waals surface area contributed by atoms with Crippen LogP contribution in [0.15, 0.2) is 48.5 Å². The summed E-state index contributed by atoms with van der Waals surface area (Å²) in [7, 11) is 0. The minimum absolute atomic E-state index is 0.00636. The van der Waals surface area contributed by atoms with Gasteiger partial charge in [0.25, 0.3) is 5.69 Å². The number of carbonyl (C=O) groups is 1. The number of anilines is 1. The first-order valence-electron chi connectivity index (χ1n) is 7.90. The Labute approximate surface area is 151 Å². The van der Waals surface area contributed by atoms with Crippen molar-refractivity contribution in [2.75, 3.05) is 11.9 Å². The molecular weight excluding hydrogens is 342 g/mol. The van der Waals surface area contributed by atoms with E-state index in [0.29, 0.717) is 10.7 Å². The highest BCUT2D eigenvalue weighted by atomic mass is 35.5. The second kappa shape index (κ2) is 8.60. The minimum Gasteiger partial charge on any atom is -0.325 e. The van der Waals surface area contributed by atoms with Crippen LogP contribution in [-0.4, -0.2) is 17.4 Å². The van der Waals surface area contributed by atoms with Gasteiger partial charge in [0.1, 0.15) is 0 Å². The van der Waals surface area contributed by atoms with Crippen LogP contribution in [0.1, 0.15) is 25.5 Å². The van der Waals surface area contributed by atoms with Crippen LogP contribution in [0.2, 0.25) is 5.02 Å². The first-order valence-corrected chi connectivity index (χ1v) is 8.28. The summed E-state index contributed by atoms with van der Waals surface area (Å²) in [6.07, 6.45) is 0. The predicted molar refractivity (Wildman–Crippen MR) is 98.8 cm³/mol. The number of benzene rings is 2. The quantitative estimate of drug-likeness (QED) is 0.572. The fourth-order valence-corrected chi connectivity index (χ4v) is 2.64. The molecule has 0 aromatic heterocycles. The lowest BCUT2D eigenvalue weighted by Gasteiger charge is -2.23. The zero-order valence-electron chi connectivity index (χ0n) is 14.0. The fraction of sp³-hybridized carbons (Fsp3) is 0.278. The molecule has 2 N–H and O–H groups in total. The average Bonchev–Trinajstić information content (AvgIpc) is 2.56. The maximum absolute atomic E-state index is 12.1. The van der Waals surface area contributed by atoms with Gasteiger partial charge in [-0.05, 0) is 29.7 Å². The molecule has 0 radical (unpaired) electrons. The van der Waals surface area contributed by atoms with E-state index in [2.05, 4.69) is 24.5 Å². The summed E-state index contributed by atoms with van der Waals surface area (Å²) in [6.45, 7) is 4.21. The van der Waals surface area contributed by atoms with E-state index in [0.717, 1.165) is 5.56 Å². The first-order chi connectivity index (χ1) is 11.9. The van der Waals surface area contributed by atoms with Crippen molar-refractivity contribution in [3.63, 3.8) is 0 Å². The third-order valence-electron chi connectivity index (χ3n) is 3.72. The molecule has 1 unspecified atom stereocenters. The van der Waals surface area contributed by atoms with Crippen molar-refractivity contribution in [2.45, 2.75) is 19.9 Å². The van der Waals surface area contributed by atoms with Gasteiger partial charge in [0.05, 0.1) is 11.5 Å². The molecule has 0 fully saturated rings. The van der Waals surface area contributed by atoms with Gasteiger partial charge >= 0.3 is 0 Å². The molecule has 0 saturated heterocycles. The molecule has 0 aliphatic heterocycles. The summed E-state index contributed by atoms with van der Waals surface area (Å²) in [5.41, 5.74) is 1.38. The molecule has 1 atom stereocenters. The van der Waals surface area contributed by atoms with Crippen LogP contribution in [0.25, 0.3) is 0 Å². The molecule has 25 heavy (non-hydrogen) atoms. The number of amides is 1. The van der Waals surface area contributed by atoms with E-state index in [1.54, 1.807) is 6.07 Å². The van der Waals surface area contributed by atoms with Crippen molar-refractivity contribution in [2.24, 2.45) is 5.92 Å². The maximum atomic E-state index is 12.1. The van der Waals surface area contributed by atoms with E-state index in [1.807, 2.05) is 24.3 Å². The number of nitro groups is 1. The largest absolute Gasteiger partial charge is 0.325 e. The number of hydrogen-bond acceptors (Lipinski definition) is 4. The molecule has 7 heteroatoms. The van der Waals surface area contributed by atoms with Crippen LogP contribution in [0.4, 0.5) is 11.4 Å². The topological polar surface area (TPSA) is 84.3 Å². The van der Waals surface area contributed by atoms with Crippen molar-refractivity contribution < 1.29 is 9.72 Å². The lowest BCUT2D eigenvalue weighted by Crippen LogP contribution is -2.33. The number of carbonyl (C=O) groups excluding carboxylic acids is 1. The maximum Gasteiger partial charge on any atom is 0.271 e. The number of rotatable bonds is 7.